The molecule has 1 unspecified atom stereocenters. The maximum Gasteiger partial charge on any atom is 0.123 e. The monoisotopic (exact) mass is 311 g/mol. The fourth-order valence-electron chi connectivity index (χ4n) is 2.81. The molecule has 1 saturated heterocycles. The van der Waals surface area contributed by atoms with E-state index in [0.29, 0.717) is 12.0 Å². The SMILES string of the molecule is COc1cc(Br)cc(C2CCCCN2)c1C(C)C. The van der Waals surface area contributed by atoms with E-state index in [2.05, 4.69) is 47.2 Å². The lowest BCUT2D eigenvalue weighted by atomic mass is 9.88. The van der Waals surface area contributed by atoms with Crippen LogP contribution in [0.2, 0.25) is 0 Å². The van der Waals surface area contributed by atoms with E-state index in [-0.39, 0.29) is 0 Å². The van der Waals surface area contributed by atoms with Crippen molar-refractivity contribution in [3.05, 3.63) is 27.7 Å². The maximum atomic E-state index is 5.56. The Labute approximate surface area is 118 Å². The molecule has 0 saturated carbocycles. The lowest BCUT2D eigenvalue weighted by Crippen LogP contribution is -2.28. The van der Waals surface area contributed by atoms with Gasteiger partial charge in [-0.05, 0) is 43.0 Å². The van der Waals surface area contributed by atoms with E-state index in [4.69, 9.17) is 4.74 Å². The van der Waals surface area contributed by atoms with E-state index in [1.807, 2.05) is 0 Å². The molecule has 1 atom stereocenters. The number of piperidine rings is 1. The van der Waals surface area contributed by atoms with Crippen molar-refractivity contribution < 1.29 is 4.74 Å². The van der Waals surface area contributed by atoms with Gasteiger partial charge in [0.25, 0.3) is 0 Å². The molecule has 1 heterocycles. The van der Waals surface area contributed by atoms with E-state index in [0.717, 1.165) is 16.8 Å². The van der Waals surface area contributed by atoms with Crippen LogP contribution in [-0.4, -0.2) is 13.7 Å². The molecular formula is C15H22BrNO. The van der Waals surface area contributed by atoms with Crippen molar-refractivity contribution >= 4 is 15.9 Å². The number of hydrogen-bond acceptors (Lipinski definition) is 2. The molecule has 1 fully saturated rings. The molecule has 0 aromatic heterocycles. The number of rotatable bonds is 3. The topological polar surface area (TPSA) is 21.3 Å². The highest BCUT2D eigenvalue weighted by Gasteiger charge is 2.22. The Hall–Kier alpha value is -0.540. The first-order chi connectivity index (χ1) is 8.63. The molecule has 1 aromatic carbocycles. The minimum Gasteiger partial charge on any atom is -0.496 e. The predicted molar refractivity (Wildman–Crippen MR) is 79.4 cm³/mol. The zero-order chi connectivity index (χ0) is 13.1. The standard InChI is InChI=1S/C15H22BrNO/c1-10(2)15-12(13-6-4-5-7-17-13)8-11(16)9-14(15)18-3/h8-10,13,17H,4-7H2,1-3H3. The Kier molecular flexibility index (Phi) is 4.68. The smallest absolute Gasteiger partial charge is 0.123 e. The van der Waals surface area contributed by atoms with E-state index < -0.39 is 0 Å². The van der Waals surface area contributed by atoms with Gasteiger partial charge < -0.3 is 10.1 Å². The van der Waals surface area contributed by atoms with Gasteiger partial charge in [0.15, 0.2) is 0 Å². The van der Waals surface area contributed by atoms with Crippen molar-refractivity contribution in [2.24, 2.45) is 0 Å². The zero-order valence-electron chi connectivity index (χ0n) is 11.4. The molecule has 2 rings (SSSR count). The van der Waals surface area contributed by atoms with Gasteiger partial charge in [0.05, 0.1) is 7.11 Å². The molecular weight excluding hydrogens is 290 g/mol. The summed E-state index contributed by atoms with van der Waals surface area (Å²) < 4.78 is 6.66. The van der Waals surface area contributed by atoms with Crippen LogP contribution in [0.25, 0.3) is 0 Å². The maximum absolute atomic E-state index is 5.56. The van der Waals surface area contributed by atoms with Crippen LogP contribution in [0.4, 0.5) is 0 Å². The number of nitrogens with one attached hydrogen (secondary N) is 1. The normalized spacial score (nSPS) is 20.2. The number of benzene rings is 1. The zero-order valence-corrected chi connectivity index (χ0v) is 13.0. The van der Waals surface area contributed by atoms with Crippen molar-refractivity contribution in [1.82, 2.24) is 5.32 Å². The fraction of sp³-hybridized carbons (Fsp3) is 0.600. The number of ether oxygens (including phenoxy) is 1. The third kappa shape index (κ3) is 2.89. The summed E-state index contributed by atoms with van der Waals surface area (Å²) >= 11 is 3.60. The lowest BCUT2D eigenvalue weighted by molar-refractivity contribution is 0.391. The Morgan fingerprint density at radius 2 is 2.11 bits per heavy atom. The molecule has 0 bridgehead atoms. The van der Waals surface area contributed by atoms with Crippen molar-refractivity contribution in [3.8, 4) is 5.75 Å². The molecule has 2 nitrogen and oxygen atoms in total. The Bertz CT molecular complexity index is 411. The molecule has 0 spiro atoms. The summed E-state index contributed by atoms with van der Waals surface area (Å²) in [7, 11) is 1.76. The van der Waals surface area contributed by atoms with E-state index in [9.17, 15) is 0 Å². The van der Waals surface area contributed by atoms with Gasteiger partial charge in [-0.15, -0.1) is 0 Å². The highest BCUT2D eigenvalue weighted by atomic mass is 79.9. The molecule has 1 aliphatic rings. The lowest BCUT2D eigenvalue weighted by Gasteiger charge is -2.28. The van der Waals surface area contributed by atoms with E-state index in [1.165, 1.54) is 30.4 Å². The molecule has 1 aromatic rings. The van der Waals surface area contributed by atoms with Gasteiger partial charge in [0, 0.05) is 16.1 Å². The largest absolute Gasteiger partial charge is 0.496 e. The van der Waals surface area contributed by atoms with Gasteiger partial charge in [0.1, 0.15) is 5.75 Å². The van der Waals surface area contributed by atoms with Crippen LogP contribution in [0.3, 0.4) is 0 Å². The van der Waals surface area contributed by atoms with Crippen LogP contribution in [-0.2, 0) is 0 Å². The molecule has 18 heavy (non-hydrogen) atoms. The van der Waals surface area contributed by atoms with Crippen LogP contribution in [0.5, 0.6) is 5.75 Å². The van der Waals surface area contributed by atoms with Gasteiger partial charge >= 0.3 is 0 Å². The van der Waals surface area contributed by atoms with Crippen LogP contribution in [0, 0.1) is 0 Å². The Morgan fingerprint density at radius 1 is 1.33 bits per heavy atom. The summed E-state index contributed by atoms with van der Waals surface area (Å²) in [6.07, 6.45) is 3.82. The van der Waals surface area contributed by atoms with Crippen LogP contribution in [0.15, 0.2) is 16.6 Å². The van der Waals surface area contributed by atoms with Gasteiger partial charge in [-0.1, -0.05) is 36.2 Å². The molecule has 3 heteroatoms. The fourth-order valence-corrected chi connectivity index (χ4v) is 3.26. The van der Waals surface area contributed by atoms with Crippen molar-refractivity contribution in [2.75, 3.05) is 13.7 Å². The van der Waals surface area contributed by atoms with Gasteiger partial charge in [-0.3, -0.25) is 0 Å². The molecule has 1 N–H and O–H groups in total. The first kappa shape index (κ1) is 13.9. The minimum atomic E-state index is 0.475. The summed E-state index contributed by atoms with van der Waals surface area (Å²) in [5, 5.41) is 3.63. The summed E-state index contributed by atoms with van der Waals surface area (Å²) in [6.45, 7) is 5.59. The highest BCUT2D eigenvalue weighted by molar-refractivity contribution is 9.10. The number of hydrogen-bond donors (Lipinski definition) is 1. The van der Waals surface area contributed by atoms with Crippen molar-refractivity contribution in [2.45, 2.75) is 45.1 Å². The van der Waals surface area contributed by atoms with E-state index >= 15 is 0 Å². The van der Waals surface area contributed by atoms with Crippen LogP contribution >= 0.6 is 15.9 Å². The quantitative estimate of drug-likeness (QED) is 0.893. The first-order valence-corrected chi connectivity index (χ1v) is 7.53. The van der Waals surface area contributed by atoms with Crippen LogP contribution in [0.1, 0.15) is 56.2 Å². The number of methoxy groups -OCH3 is 1. The summed E-state index contributed by atoms with van der Waals surface area (Å²) in [5.41, 5.74) is 2.75. The molecule has 0 amide bonds. The summed E-state index contributed by atoms with van der Waals surface area (Å²) in [6, 6.07) is 4.80. The highest BCUT2D eigenvalue weighted by Crippen LogP contribution is 2.38. The predicted octanol–water partition coefficient (Wildman–Crippen LogP) is 4.40. The second-order valence-corrected chi connectivity index (χ2v) is 6.18. The minimum absolute atomic E-state index is 0.475. The molecule has 0 aliphatic carbocycles. The average Bonchev–Trinajstić information content (AvgIpc) is 2.38. The Balaban J connectivity index is 2.45. The molecule has 1 aliphatic heterocycles. The number of halogens is 1. The second-order valence-electron chi connectivity index (χ2n) is 5.27. The van der Waals surface area contributed by atoms with Gasteiger partial charge in [0.2, 0.25) is 0 Å². The first-order valence-electron chi connectivity index (χ1n) is 6.74. The van der Waals surface area contributed by atoms with Crippen molar-refractivity contribution in [3.63, 3.8) is 0 Å². The second kappa shape index (κ2) is 6.07. The van der Waals surface area contributed by atoms with Crippen LogP contribution < -0.4 is 10.1 Å². The van der Waals surface area contributed by atoms with Crippen molar-refractivity contribution in [1.29, 1.82) is 0 Å². The van der Waals surface area contributed by atoms with Gasteiger partial charge in [-0.2, -0.15) is 0 Å². The summed E-state index contributed by atoms with van der Waals surface area (Å²) in [4.78, 5) is 0. The third-order valence-corrected chi connectivity index (χ3v) is 4.08. The third-order valence-electron chi connectivity index (χ3n) is 3.62. The van der Waals surface area contributed by atoms with E-state index in [1.54, 1.807) is 7.11 Å². The summed E-state index contributed by atoms with van der Waals surface area (Å²) in [5.74, 6) is 1.48. The molecule has 0 radical (unpaired) electrons. The van der Waals surface area contributed by atoms with Gasteiger partial charge in [-0.25, -0.2) is 0 Å². The molecule has 100 valence electrons. The Morgan fingerprint density at radius 3 is 2.67 bits per heavy atom. The average molecular weight is 312 g/mol.